The van der Waals surface area contributed by atoms with Gasteiger partial charge in [-0.3, -0.25) is 9.20 Å². The van der Waals surface area contributed by atoms with Gasteiger partial charge in [-0.25, -0.2) is 4.98 Å². The number of anilines is 1. The Morgan fingerprint density at radius 2 is 1.90 bits per heavy atom. The lowest BCUT2D eigenvalue weighted by molar-refractivity contribution is -0.117. The molecule has 2 aromatic carbocycles. The lowest BCUT2D eigenvalue weighted by Crippen LogP contribution is -2.20. The Hall–Kier alpha value is -3.34. The first kappa shape index (κ1) is 20.9. The third-order valence-corrected chi connectivity index (χ3v) is 5.16. The maximum atomic E-state index is 12.9. The second-order valence-electron chi connectivity index (χ2n) is 9.12. The normalized spacial score (nSPS) is 11.8. The van der Waals surface area contributed by atoms with Gasteiger partial charge in [-0.15, -0.1) is 0 Å². The molecule has 1 amide bonds. The number of ether oxygens (including phenoxy) is 1. The molecule has 5 heteroatoms. The van der Waals surface area contributed by atoms with E-state index in [4.69, 9.17) is 9.72 Å². The van der Waals surface area contributed by atoms with Crippen LogP contribution in [-0.2, 0) is 4.79 Å². The van der Waals surface area contributed by atoms with Crippen LogP contribution in [0.4, 0.5) is 5.82 Å². The number of carbonyl (C=O) groups is 1. The summed E-state index contributed by atoms with van der Waals surface area (Å²) in [5.41, 5.74) is 3.40. The van der Waals surface area contributed by atoms with Crippen LogP contribution in [0.5, 0.6) is 5.75 Å². The van der Waals surface area contributed by atoms with Crippen molar-refractivity contribution >= 4 is 28.1 Å². The Balaban J connectivity index is 1.98. The minimum Gasteiger partial charge on any atom is -0.493 e. The van der Waals surface area contributed by atoms with Crippen molar-refractivity contribution in [2.45, 2.75) is 41.0 Å². The van der Waals surface area contributed by atoms with Gasteiger partial charge in [0.25, 0.3) is 0 Å². The molecule has 0 aliphatic rings. The molecule has 0 saturated heterocycles. The first-order chi connectivity index (χ1) is 14.8. The molecule has 0 spiro atoms. The Morgan fingerprint density at radius 3 is 2.65 bits per heavy atom. The van der Waals surface area contributed by atoms with Crippen LogP contribution < -0.4 is 10.1 Å². The molecule has 0 fully saturated rings. The molecule has 4 rings (SSSR count). The van der Waals surface area contributed by atoms with Crippen molar-refractivity contribution in [3.8, 4) is 17.0 Å². The molecule has 0 bridgehead atoms. The van der Waals surface area contributed by atoms with E-state index < -0.39 is 0 Å². The molecular weight excluding hydrogens is 386 g/mol. The molecule has 0 unspecified atom stereocenters. The van der Waals surface area contributed by atoms with Crippen molar-refractivity contribution < 1.29 is 9.53 Å². The highest BCUT2D eigenvalue weighted by atomic mass is 16.5. The summed E-state index contributed by atoms with van der Waals surface area (Å²) in [6.07, 6.45) is 2.37. The number of hydrogen-bond donors (Lipinski definition) is 1. The largest absolute Gasteiger partial charge is 0.493 e. The number of rotatable bonds is 5. The molecule has 2 aromatic heterocycles. The quantitative estimate of drug-likeness (QED) is 0.420. The summed E-state index contributed by atoms with van der Waals surface area (Å²) in [6.45, 7) is 10.7. The first-order valence-electron chi connectivity index (χ1n) is 10.7. The summed E-state index contributed by atoms with van der Waals surface area (Å²) in [5, 5.41) is 5.29. The lowest BCUT2D eigenvalue weighted by Gasteiger charge is -2.18. The Labute approximate surface area is 183 Å². The van der Waals surface area contributed by atoms with Crippen molar-refractivity contribution in [1.82, 2.24) is 9.38 Å². The SMILES string of the molecule is CCOc1ccc2ccccc2c1-c1nc2cc(C)ccn2c1NC(=O)CC(C)(C)C. The number of aromatic nitrogens is 2. The van der Waals surface area contributed by atoms with Gasteiger partial charge in [0.1, 0.15) is 22.9 Å². The topological polar surface area (TPSA) is 55.6 Å². The van der Waals surface area contributed by atoms with Gasteiger partial charge in [-0.05, 0) is 53.8 Å². The first-order valence-corrected chi connectivity index (χ1v) is 10.7. The number of nitrogens with one attached hydrogen (secondary N) is 1. The predicted octanol–water partition coefficient (Wildman–Crippen LogP) is 6.24. The standard InChI is InChI=1S/C26H29N3O2/c1-6-31-20-12-11-18-9-7-8-10-19(18)23(20)24-25(28-22(30)16-26(3,4)5)29-14-13-17(2)15-21(29)27-24/h7-15H,6,16H2,1-5H3,(H,28,30). The van der Waals surface area contributed by atoms with E-state index in [2.05, 4.69) is 44.3 Å². The maximum Gasteiger partial charge on any atom is 0.226 e. The predicted molar refractivity (Wildman–Crippen MR) is 127 cm³/mol. The number of amides is 1. The van der Waals surface area contributed by atoms with Crippen LogP contribution in [-0.4, -0.2) is 21.9 Å². The van der Waals surface area contributed by atoms with Crippen LogP contribution >= 0.6 is 0 Å². The van der Waals surface area contributed by atoms with Crippen molar-refractivity contribution in [2.24, 2.45) is 5.41 Å². The van der Waals surface area contributed by atoms with Crippen molar-refractivity contribution in [1.29, 1.82) is 0 Å². The summed E-state index contributed by atoms with van der Waals surface area (Å²) in [6, 6.07) is 16.3. The third-order valence-electron chi connectivity index (χ3n) is 5.16. The average molecular weight is 416 g/mol. The molecule has 0 saturated carbocycles. The number of pyridine rings is 1. The zero-order chi connectivity index (χ0) is 22.2. The van der Waals surface area contributed by atoms with Crippen molar-refractivity contribution in [3.05, 3.63) is 60.3 Å². The second-order valence-corrected chi connectivity index (χ2v) is 9.12. The van der Waals surface area contributed by atoms with Gasteiger partial charge >= 0.3 is 0 Å². The minimum absolute atomic E-state index is 0.0330. The van der Waals surface area contributed by atoms with E-state index in [1.165, 1.54) is 0 Å². The molecule has 31 heavy (non-hydrogen) atoms. The third kappa shape index (κ3) is 4.26. The highest BCUT2D eigenvalue weighted by Gasteiger charge is 2.23. The zero-order valence-electron chi connectivity index (χ0n) is 18.8. The van der Waals surface area contributed by atoms with Crippen molar-refractivity contribution in [3.63, 3.8) is 0 Å². The number of imidazole rings is 1. The van der Waals surface area contributed by atoms with Gasteiger partial charge in [-0.1, -0.05) is 51.1 Å². The minimum atomic E-state index is -0.114. The number of nitrogens with zero attached hydrogens (tertiary/aromatic N) is 2. The van der Waals surface area contributed by atoms with Gasteiger partial charge < -0.3 is 10.1 Å². The van der Waals surface area contributed by atoms with E-state index in [0.29, 0.717) is 24.5 Å². The zero-order valence-corrected chi connectivity index (χ0v) is 18.8. The van der Waals surface area contributed by atoms with Gasteiger partial charge in [-0.2, -0.15) is 0 Å². The number of hydrogen-bond acceptors (Lipinski definition) is 3. The molecule has 4 aromatic rings. The Bertz CT molecular complexity index is 1270. The molecule has 0 aliphatic carbocycles. The molecular formula is C26H29N3O2. The van der Waals surface area contributed by atoms with E-state index in [-0.39, 0.29) is 11.3 Å². The fourth-order valence-electron chi connectivity index (χ4n) is 3.87. The summed E-state index contributed by atoms with van der Waals surface area (Å²) in [7, 11) is 0. The van der Waals surface area contributed by atoms with E-state index in [0.717, 1.165) is 33.3 Å². The van der Waals surface area contributed by atoms with Crippen molar-refractivity contribution in [2.75, 3.05) is 11.9 Å². The molecule has 5 nitrogen and oxygen atoms in total. The van der Waals surface area contributed by atoms with Crippen LogP contribution in [0.15, 0.2) is 54.7 Å². The van der Waals surface area contributed by atoms with Crippen LogP contribution in [0.1, 0.15) is 39.7 Å². The second kappa shape index (κ2) is 8.06. The van der Waals surface area contributed by atoms with E-state index in [1.807, 2.05) is 54.8 Å². The van der Waals surface area contributed by atoms with Gasteiger partial charge in [0.15, 0.2) is 0 Å². The molecule has 0 radical (unpaired) electrons. The molecule has 0 atom stereocenters. The number of aryl methyl sites for hydroxylation is 1. The Kier molecular flexibility index (Phi) is 5.44. The smallest absolute Gasteiger partial charge is 0.226 e. The highest BCUT2D eigenvalue weighted by Crippen LogP contribution is 2.41. The van der Waals surface area contributed by atoms with E-state index in [9.17, 15) is 4.79 Å². The lowest BCUT2D eigenvalue weighted by atomic mass is 9.92. The summed E-state index contributed by atoms with van der Waals surface area (Å²) < 4.78 is 7.94. The van der Waals surface area contributed by atoms with Gasteiger partial charge in [0.05, 0.1) is 12.2 Å². The number of fused-ring (bicyclic) bond motifs is 2. The monoisotopic (exact) mass is 415 g/mol. The van der Waals surface area contributed by atoms with Gasteiger partial charge in [0.2, 0.25) is 5.91 Å². The summed E-state index contributed by atoms with van der Waals surface area (Å²) >= 11 is 0. The summed E-state index contributed by atoms with van der Waals surface area (Å²) in [5.74, 6) is 1.39. The Morgan fingerprint density at radius 1 is 1.13 bits per heavy atom. The van der Waals surface area contributed by atoms with Gasteiger partial charge in [0, 0.05) is 12.6 Å². The summed E-state index contributed by atoms with van der Waals surface area (Å²) in [4.78, 5) is 17.9. The molecule has 0 aliphatic heterocycles. The van der Waals surface area contributed by atoms with Crippen LogP contribution in [0.25, 0.3) is 27.7 Å². The molecule has 1 N–H and O–H groups in total. The van der Waals surface area contributed by atoms with Crippen LogP contribution in [0.2, 0.25) is 0 Å². The molecule has 160 valence electrons. The number of benzene rings is 2. The fourth-order valence-corrected chi connectivity index (χ4v) is 3.87. The van der Waals surface area contributed by atoms with E-state index in [1.54, 1.807) is 0 Å². The molecule has 2 heterocycles. The highest BCUT2D eigenvalue weighted by molar-refractivity contribution is 6.04. The van der Waals surface area contributed by atoms with E-state index >= 15 is 0 Å². The number of carbonyl (C=O) groups excluding carboxylic acids is 1. The fraction of sp³-hybridized carbons (Fsp3) is 0.308. The van der Waals surface area contributed by atoms with Crippen LogP contribution in [0, 0.1) is 12.3 Å². The average Bonchev–Trinajstić information content (AvgIpc) is 3.03. The maximum absolute atomic E-state index is 12.9. The van der Waals surface area contributed by atoms with Crippen LogP contribution in [0.3, 0.4) is 0 Å².